The van der Waals surface area contributed by atoms with E-state index in [4.69, 9.17) is 20.4 Å². The molecule has 0 aliphatic rings. The maximum atomic E-state index is 13.3. The van der Waals surface area contributed by atoms with Crippen molar-refractivity contribution in [3.05, 3.63) is 87.7 Å². The van der Waals surface area contributed by atoms with Crippen LogP contribution in [0.4, 0.5) is 0 Å². The maximum Gasteiger partial charge on any atom is 0.307 e. The molecular formula is C25H15ClO6. The van der Waals surface area contributed by atoms with Crippen LogP contribution in [-0.4, -0.2) is 16.2 Å². The van der Waals surface area contributed by atoms with Crippen molar-refractivity contribution in [3.63, 3.8) is 0 Å². The van der Waals surface area contributed by atoms with Crippen LogP contribution in [0.25, 0.3) is 44.4 Å². The van der Waals surface area contributed by atoms with Gasteiger partial charge in [0.05, 0.1) is 17.4 Å². The molecule has 0 aliphatic heterocycles. The van der Waals surface area contributed by atoms with Crippen molar-refractivity contribution in [2.45, 2.75) is 6.42 Å². The standard InChI is InChI=1S/C25H15ClO6/c26-15-8-6-13(7-9-15)17-12-31-25-21-16(10-20(28)29)24(14-4-2-1-3-5-14)32-19(21)11-18(27)22(25)23(17)30/h1-9,11-12,27H,10H2,(H,28,29). The molecule has 0 saturated heterocycles. The monoisotopic (exact) mass is 446 g/mol. The van der Waals surface area contributed by atoms with Crippen molar-refractivity contribution in [2.75, 3.05) is 0 Å². The van der Waals surface area contributed by atoms with Gasteiger partial charge in [-0.1, -0.05) is 54.1 Å². The molecule has 0 bridgehead atoms. The summed E-state index contributed by atoms with van der Waals surface area (Å²) in [4.78, 5) is 24.9. The summed E-state index contributed by atoms with van der Waals surface area (Å²) in [5.41, 5.74) is 1.72. The highest BCUT2D eigenvalue weighted by molar-refractivity contribution is 6.30. The third-order valence-electron chi connectivity index (χ3n) is 5.30. The Morgan fingerprint density at radius 3 is 2.38 bits per heavy atom. The molecule has 0 atom stereocenters. The summed E-state index contributed by atoms with van der Waals surface area (Å²) in [5, 5.41) is 21.0. The first-order valence-electron chi connectivity index (χ1n) is 9.70. The molecule has 5 aromatic rings. The summed E-state index contributed by atoms with van der Waals surface area (Å²) < 4.78 is 11.8. The number of benzene rings is 3. The number of aliphatic carboxylic acids is 1. The number of furan rings is 1. The van der Waals surface area contributed by atoms with Crippen LogP contribution in [-0.2, 0) is 11.2 Å². The van der Waals surface area contributed by atoms with Gasteiger partial charge in [0.2, 0.25) is 5.43 Å². The number of hydrogen-bond acceptors (Lipinski definition) is 5. The zero-order valence-electron chi connectivity index (χ0n) is 16.5. The molecule has 5 rings (SSSR count). The number of carboxylic acids is 1. The second-order valence-electron chi connectivity index (χ2n) is 7.30. The molecule has 2 heterocycles. The number of fused-ring (bicyclic) bond motifs is 3. The Balaban J connectivity index is 1.85. The van der Waals surface area contributed by atoms with Gasteiger partial charge in [-0.3, -0.25) is 9.59 Å². The zero-order chi connectivity index (χ0) is 22.4. The first kappa shape index (κ1) is 19.9. The normalized spacial score (nSPS) is 11.3. The van der Waals surface area contributed by atoms with Gasteiger partial charge in [-0.05, 0) is 17.7 Å². The second-order valence-corrected chi connectivity index (χ2v) is 7.74. The predicted octanol–water partition coefficient (Wildman–Crippen LogP) is 5.86. The highest BCUT2D eigenvalue weighted by Gasteiger charge is 2.25. The molecule has 0 radical (unpaired) electrons. The second kappa shape index (κ2) is 7.59. The molecule has 0 amide bonds. The minimum atomic E-state index is -1.06. The van der Waals surface area contributed by atoms with Gasteiger partial charge in [0.1, 0.15) is 28.7 Å². The maximum absolute atomic E-state index is 13.3. The minimum Gasteiger partial charge on any atom is -0.507 e. The Morgan fingerprint density at radius 2 is 1.69 bits per heavy atom. The average Bonchev–Trinajstić information content (AvgIpc) is 3.12. The lowest BCUT2D eigenvalue weighted by Gasteiger charge is -2.06. The molecular weight excluding hydrogens is 432 g/mol. The van der Waals surface area contributed by atoms with Crippen LogP contribution in [0.15, 0.2) is 80.6 Å². The van der Waals surface area contributed by atoms with Gasteiger partial charge < -0.3 is 19.0 Å². The van der Waals surface area contributed by atoms with Crippen LogP contribution in [0.5, 0.6) is 5.75 Å². The third kappa shape index (κ3) is 3.21. The average molecular weight is 447 g/mol. The van der Waals surface area contributed by atoms with Crippen molar-refractivity contribution >= 4 is 39.5 Å². The van der Waals surface area contributed by atoms with E-state index in [1.807, 2.05) is 6.07 Å². The van der Waals surface area contributed by atoms with E-state index in [1.54, 1.807) is 48.5 Å². The lowest BCUT2D eigenvalue weighted by Crippen LogP contribution is -2.06. The summed E-state index contributed by atoms with van der Waals surface area (Å²) in [6.07, 6.45) is 0.951. The van der Waals surface area contributed by atoms with E-state index in [2.05, 4.69) is 0 Å². The SMILES string of the molecule is O=C(O)Cc1c(-c2ccccc2)oc2cc(O)c3c(=O)c(-c4ccc(Cl)cc4)coc3c12. The van der Waals surface area contributed by atoms with E-state index in [-0.39, 0.29) is 34.3 Å². The Morgan fingerprint density at radius 1 is 0.969 bits per heavy atom. The highest BCUT2D eigenvalue weighted by atomic mass is 35.5. The molecule has 2 aromatic heterocycles. The summed E-state index contributed by atoms with van der Waals surface area (Å²) >= 11 is 5.94. The van der Waals surface area contributed by atoms with Gasteiger partial charge in [-0.25, -0.2) is 0 Å². The van der Waals surface area contributed by atoms with E-state index in [0.717, 1.165) is 0 Å². The van der Waals surface area contributed by atoms with Gasteiger partial charge >= 0.3 is 5.97 Å². The van der Waals surface area contributed by atoms with Crippen molar-refractivity contribution < 1.29 is 23.8 Å². The van der Waals surface area contributed by atoms with E-state index in [1.165, 1.54) is 12.3 Å². The van der Waals surface area contributed by atoms with Crippen LogP contribution in [0.1, 0.15) is 5.56 Å². The van der Waals surface area contributed by atoms with E-state index < -0.39 is 11.4 Å². The Bertz CT molecular complexity index is 1550. The smallest absolute Gasteiger partial charge is 0.307 e. The summed E-state index contributed by atoms with van der Waals surface area (Å²) in [7, 11) is 0. The molecule has 0 aliphatic carbocycles. The zero-order valence-corrected chi connectivity index (χ0v) is 17.2. The molecule has 158 valence electrons. The van der Waals surface area contributed by atoms with Gasteiger partial charge in [0.15, 0.2) is 5.58 Å². The summed E-state index contributed by atoms with van der Waals surface area (Å²) in [6, 6.07) is 17.0. The fraction of sp³-hybridized carbons (Fsp3) is 0.0400. The van der Waals surface area contributed by atoms with E-state index in [9.17, 15) is 19.8 Å². The van der Waals surface area contributed by atoms with E-state index >= 15 is 0 Å². The van der Waals surface area contributed by atoms with Crippen molar-refractivity contribution in [1.82, 2.24) is 0 Å². The van der Waals surface area contributed by atoms with Crippen LogP contribution in [0, 0.1) is 0 Å². The molecule has 3 aromatic carbocycles. The largest absolute Gasteiger partial charge is 0.507 e. The topological polar surface area (TPSA) is 101 Å². The number of phenols is 1. The molecule has 0 unspecified atom stereocenters. The molecule has 0 spiro atoms. The molecule has 0 fully saturated rings. The van der Waals surface area contributed by atoms with Crippen molar-refractivity contribution in [3.8, 4) is 28.2 Å². The predicted molar refractivity (Wildman–Crippen MR) is 121 cm³/mol. The quantitative estimate of drug-likeness (QED) is 0.358. The number of carbonyl (C=O) groups is 1. The number of rotatable bonds is 4. The summed E-state index contributed by atoms with van der Waals surface area (Å²) in [6.45, 7) is 0. The fourth-order valence-corrected chi connectivity index (χ4v) is 4.01. The lowest BCUT2D eigenvalue weighted by molar-refractivity contribution is -0.136. The number of halogens is 1. The first-order chi connectivity index (χ1) is 15.4. The first-order valence-corrected chi connectivity index (χ1v) is 10.1. The number of aromatic hydroxyl groups is 1. The molecule has 0 saturated carbocycles. The Kier molecular flexibility index (Phi) is 4.72. The molecule has 32 heavy (non-hydrogen) atoms. The number of carboxylic acid groups (broad SMARTS) is 1. The lowest BCUT2D eigenvalue weighted by atomic mass is 9.99. The highest BCUT2D eigenvalue weighted by Crippen LogP contribution is 2.41. The van der Waals surface area contributed by atoms with Crippen molar-refractivity contribution in [1.29, 1.82) is 0 Å². The van der Waals surface area contributed by atoms with Crippen LogP contribution in [0.2, 0.25) is 5.02 Å². The molecule has 2 N–H and O–H groups in total. The fourth-order valence-electron chi connectivity index (χ4n) is 3.89. The minimum absolute atomic E-state index is 0.0444. The van der Waals surface area contributed by atoms with Crippen LogP contribution in [0.3, 0.4) is 0 Å². The van der Waals surface area contributed by atoms with Crippen LogP contribution < -0.4 is 5.43 Å². The van der Waals surface area contributed by atoms with Crippen LogP contribution >= 0.6 is 11.6 Å². The van der Waals surface area contributed by atoms with Gasteiger partial charge in [-0.15, -0.1) is 0 Å². The number of hydrogen-bond donors (Lipinski definition) is 2. The summed E-state index contributed by atoms with van der Waals surface area (Å²) in [5.74, 6) is -1.03. The molecule has 7 heteroatoms. The van der Waals surface area contributed by atoms with E-state index in [0.29, 0.717) is 32.9 Å². The third-order valence-corrected chi connectivity index (χ3v) is 5.55. The van der Waals surface area contributed by atoms with Crippen molar-refractivity contribution in [2.24, 2.45) is 0 Å². The van der Waals surface area contributed by atoms with Gasteiger partial charge in [0, 0.05) is 22.2 Å². The van der Waals surface area contributed by atoms with Gasteiger partial charge in [0.25, 0.3) is 0 Å². The Hall–Kier alpha value is -4.03. The Labute approximate surface area is 185 Å². The number of phenolic OH excluding ortho intramolecular Hbond substituents is 1. The molecule has 6 nitrogen and oxygen atoms in total. The van der Waals surface area contributed by atoms with Gasteiger partial charge in [-0.2, -0.15) is 0 Å².